The fraction of sp³-hybridized carbons (Fsp3) is 0.559. The summed E-state index contributed by atoms with van der Waals surface area (Å²) in [5, 5.41) is 21.6. The van der Waals surface area contributed by atoms with Crippen molar-refractivity contribution in [2.75, 3.05) is 52.4 Å². The molecule has 0 aliphatic carbocycles. The van der Waals surface area contributed by atoms with Crippen LogP contribution >= 0.6 is 17.0 Å². The Morgan fingerprint density at radius 3 is 1.17 bits per heavy atom. The Labute approximate surface area is 290 Å². The summed E-state index contributed by atoms with van der Waals surface area (Å²) >= 11 is 0. The summed E-state index contributed by atoms with van der Waals surface area (Å²) in [7, 11) is 0. The van der Waals surface area contributed by atoms with Crippen molar-refractivity contribution >= 4 is 23.0 Å². The van der Waals surface area contributed by atoms with Crippen LogP contribution in [0.5, 0.6) is 0 Å². The molecule has 4 bridgehead atoms. The summed E-state index contributed by atoms with van der Waals surface area (Å²) in [5.74, 6) is -0.833. The van der Waals surface area contributed by atoms with E-state index < -0.39 is 5.97 Å². The summed E-state index contributed by atoms with van der Waals surface area (Å²) in [4.78, 5) is 32.3. The molecule has 13 heteroatoms. The molecule has 0 saturated carbocycles. The number of carboxylic acids is 1. The minimum Gasteiger partial charge on any atom is -0.481 e. The van der Waals surface area contributed by atoms with E-state index in [9.17, 15) is 0 Å². The molecule has 2 aliphatic heterocycles. The van der Waals surface area contributed by atoms with E-state index in [1.807, 2.05) is 24.8 Å². The van der Waals surface area contributed by atoms with Crippen molar-refractivity contribution in [2.24, 2.45) is 0 Å². The van der Waals surface area contributed by atoms with Gasteiger partial charge in [-0.15, -0.1) is 17.0 Å². The molecule has 0 amide bonds. The monoisotopic (exact) mass is 712 g/mol. The second kappa shape index (κ2) is 22.6. The Morgan fingerprint density at radius 1 is 0.617 bits per heavy atom. The van der Waals surface area contributed by atoms with Crippen LogP contribution in [0.2, 0.25) is 0 Å². The van der Waals surface area contributed by atoms with Crippen LogP contribution in [0.25, 0.3) is 0 Å². The standard InChI is InChI=1S/C32H48N10.C2H4O2.BrH/c1-9-33-17-29-21-37-22-30(39-29)18-34-10-2-14-41(13-1)25-27-5-7-28(8-6-27)26-42-15-3-11-35-19-31-23-38-24-32(40-31)20-36-12-4-16-42;1-2(3)4;/h5-8,21-24,33-36H,1-4,9-20,25-26H2;1H3,(H,3,4);1H. The largest absolute Gasteiger partial charge is 0.481 e. The van der Waals surface area contributed by atoms with E-state index in [4.69, 9.17) is 19.9 Å². The van der Waals surface area contributed by atoms with Gasteiger partial charge in [0, 0.05) is 71.0 Å². The van der Waals surface area contributed by atoms with Crippen LogP contribution in [0, 0.1) is 0 Å². The molecule has 0 unspecified atom stereocenters. The SMILES string of the molecule is Br.CC(=O)O.c1cc(CN2CCCNCc3cncc(n3)CNCCC2)ccc1CN1CCCNCc2cncc(n2)CNCCC1. The molecular weight excluding hydrogens is 660 g/mol. The van der Waals surface area contributed by atoms with Crippen molar-refractivity contribution in [3.63, 3.8) is 0 Å². The lowest BCUT2D eigenvalue weighted by Crippen LogP contribution is -2.31. The molecule has 1 aromatic carbocycles. The smallest absolute Gasteiger partial charge is 0.300 e. The van der Waals surface area contributed by atoms with Gasteiger partial charge in [0.15, 0.2) is 0 Å². The highest BCUT2D eigenvalue weighted by molar-refractivity contribution is 8.93. The number of aromatic nitrogens is 4. The number of carboxylic acid groups (broad SMARTS) is 1. The van der Waals surface area contributed by atoms with Crippen molar-refractivity contribution in [1.29, 1.82) is 0 Å². The summed E-state index contributed by atoms with van der Waals surface area (Å²) in [6.07, 6.45) is 11.9. The quantitative estimate of drug-likeness (QED) is 0.272. The Balaban J connectivity index is 0.00000114. The number of nitrogens with zero attached hydrogens (tertiary/aromatic N) is 6. The minimum absolute atomic E-state index is 0. The molecular formula is C34H53BrN10O2. The van der Waals surface area contributed by atoms with Crippen LogP contribution in [0.4, 0.5) is 0 Å². The van der Waals surface area contributed by atoms with Gasteiger partial charge in [0.2, 0.25) is 0 Å². The number of rotatable bonds is 4. The van der Waals surface area contributed by atoms with Gasteiger partial charge in [-0.25, -0.2) is 0 Å². The van der Waals surface area contributed by atoms with Gasteiger partial charge in [-0.05, 0) is 89.2 Å². The number of benzene rings is 1. The van der Waals surface area contributed by atoms with E-state index in [1.54, 1.807) is 0 Å². The molecule has 3 aromatic rings. The molecule has 12 nitrogen and oxygen atoms in total. The van der Waals surface area contributed by atoms with E-state index in [2.05, 4.69) is 65.3 Å². The van der Waals surface area contributed by atoms with Crippen molar-refractivity contribution < 1.29 is 9.90 Å². The third kappa shape index (κ3) is 16.2. The molecule has 0 atom stereocenters. The van der Waals surface area contributed by atoms with Crippen LogP contribution < -0.4 is 21.3 Å². The first-order valence-corrected chi connectivity index (χ1v) is 16.7. The summed E-state index contributed by atoms with van der Waals surface area (Å²) < 4.78 is 0. The van der Waals surface area contributed by atoms with Crippen LogP contribution in [0.3, 0.4) is 0 Å². The normalized spacial score (nSPS) is 17.9. The molecule has 0 radical (unpaired) electrons. The maximum atomic E-state index is 9.00. The van der Waals surface area contributed by atoms with Crippen molar-refractivity contribution in [3.8, 4) is 0 Å². The average molecular weight is 714 g/mol. The number of hydrogen-bond acceptors (Lipinski definition) is 11. The topological polar surface area (TPSA) is 143 Å². The van der Waals surface area contributed by atoms with Crippen molar-refractivity contribution in [3.05, 3.63) is 83.0 Å². The Morgan fingerprint density at radius 2 is 0.894 bits per heavy atom. The Bertz CT molecular complexity index is 1140. The molecule has 0 spiro atoms. The maximum absolute atomic E-state index is 9.00. The lowest BCUT2D eigenvalue weighted by atomic mass is 10.1. The van der Waals surface area contributed by atoms with Gasteiger partial charge in [0.05, 0.1) is 22.8 Å². The van der Waals surface area contributed by atoms with E-state index in [0.29, 0.717) is 0 Å². The lowest BCUT2D eigenvalue weighted by molar-refractivity contribution is -0.134. The number of hydrogen-bond donors (Lipinski definition) is 5. The zero-order valence-electron chi connectivity index (χ0n) is 27.8. The molecule has 258 valence electrons. The third-order valence-electron chi connectivity index (χ3n) is 7.84. The molecule has 47 heavy (non-hydrogen) atoms. The van der Waals surface area contributed by atoms with Crippen LogP contribution in [-0.2, 0) is 44.1 Å². The van der Waals surface area contributed by atoms with Crippen molar-refractivity contribution in [2.45, 2.75) is 71.9 Å². The second-order valence-electron chi connectivity index (χ2n) is 12.0. The van der Waals surface area contributed by atoms with E-state index in [-0.39, 0.29) is 17.0 Å². The Kier molecular flexibility index (Phi) is 18.5. The van der Waals surface area contributed by atoms with Crippen LogP contribution in [0.15, 0.2) is 49.1 Å². The number of carbonyl (C=O) groups is 1. The van der Waals surface area contributed by atoms with E-state index in [0.717, 1.165) is 147 Å². The van der Waals surface area contributed by atoms with Gasteiger partial charge in [-0.3, -0.25) is 34.5 Å². The molecule has 0 fully saturated rings. The highest BCUT2D eigenvalue weighted by atomic mass is 79.9. The molecule has 0 saturated heterocycles. The second-order valence-corrected chi connectivity index (χ2v) is 12.0. The first-order chi connectivity index (χ1) is 22.5. The number of fused-ring (bicyclic) bond motifs is 4. The lowest BCUT2D eigenvalue weighted by Gasteiger charge is -2.24. The van der Waals surface area contributed by atoms with Crippen LogP contribution in [0.1, 0.15) is 66.5 Å². The highest BCUT2D eigenvalue weighted by Gasteiger charge is 2.10. The zero-order valence-corrected chi connectivity index (χ0v) is 29.5. The van der Waals surface area contributed by atoms with Gasteiger partial charge < -0.3 is 26.4 Å². The maximum Gasteiger partial charge on any atom is 0.300 e. The van der Waals surface area contributed by atoms with Gasteiger partial charge in [-0.2, -0.15) is 0 Å². The zero-order chi connectivity index (χ0) is 32.2. The molecule has 5 N–H and O–H groups in total. The molecule has 2 aliphatic rings. The van der Waals surface area contributed by atoms with E-state index in [1.165, 1.54) is 11.1 Å². The van der Waals surface area contributed by atoms with Crippen molar-refractivity contribution in [1.82, 2.24) is 51.0 Å². The summed E-state index contributed by atoms with van der Waals surface area (Å²) in [6, 6.07) is 9.35. The predicted octanol–water partition coefficient (Wildman–Crippen LogP) is 2.89. The average Bonchev–Trinajstić information content (AvgIpc) is 3.04. The first kappa shape index (κ1) is 38.5. The first-order valence-electron chi connectivity index (χ1n) is 16.7. The summed E-state index contributed by atoms with van der Waals surface area (Å²) in [6.45, 7) is 14.5. The van der Waals surface area contributed by atoms with E-state index >= 15 is 0 Å². The fourth-order valence-electron chi connectivity index (χ4n) is 5.63. The number of halogens is 1. The van der Waals surface area contributed by atoms with Crippen LogP contribution in [-0.4, -0.2) is 93.2 Å². The number of aliphatic carboxylic acids is 1. The fourth-order valence-corrected chi connectivity index (χ4v) is 5.63. The Hall–Kier alpha value is -2.91. The third-order valence-corrected chi connectivity index (χ3v) is 7.84. The van der Waals surface area contributed by atoms with Gasteiger partial charge in [0.1, 0.15) is 0 Å². The van der Waals surface area contributed by atoms with Gasteiger partial charge in [0.25, 0.3) is 5.97 Å². The molecule has 4 heterocycles. The molecule has 2 aromatic heterocycles. The van der Waals surface area contributed by atoms with Gasteiger partial charge in [-0.1, -0.05) is 24.3 Å². The molecule has 5 rings (SSSR count). The summed E-state index contributed by atoms with van der Waals surface area (Å²) in [5.41, 5.74) is 6.85. The number of nitrogens with one attached hydrogen (secondary N) is 4. The highest BCUT2D eigenvalue weighted by Crippen LogP contribution is 2.12. The predicted molar refractivity (Wildman–Crippen MR) is 190 cm³/mol. The minimum atomic E-state index is -0.833. The van der Waals surface area contributed by atoms with Gasteiger partial charge >= 0.3 is 0 Å².